The van der Waals surface area contributed by atoms with Gasteiger partial charge in [0.15, 0.2) is 0 Å². The third-order valence-corrected chi connectivity index (χ3v) is 6.74. The van der Waals surface area contributed by atoms with Gasteiger partial charge in [-0.25, -0.2) is 0 Å². The van der Waals surface area contributed by atoms with E-state index in [1.54, 1.807) is 7.05 Å². The number of likely N-dealkylation sites (N-methyl/N-ethyl adjacent to an activating group) is 1. The Balaban J connectivity index is 1.29. The molecule has 1 fully saturated rings. The standard InChI is InChI=1S/C25H31ClN2O6/c1-27(10-11-29)24(32)21-4-3-19(30)13-23(21)33-16-20(31)15-28-8-6-25(7-9-28)14-17-12-18(26)2-5-22(17)34-25/h2-5,12-13,20,29-31H,6-11,14-16H2,1H3/t20-/m0/s1. The molecular formula is C25H31ClN2O6. The fourth-order valence-electron chi connectivity index (χ4n) is 4.63. The molecule has 3 N–H and O–H groups in total. The number of hydrogen-bond acceptors (Lipinski definition) is 7. The van der Waals surface area contributed by atoms with Gasteiger partial charge >= 0.3 is 0 Å². The van der Waals surface area contributed by atoms with Crippen LogP contribution in [0.3, 0.4) is 0 Å². The molecular weight excluding hydrogens is 460 g/mol. The number of carbonyl (C=O) groups is 1. The molecule has 184 valence electrons. The Bertz CT molecular complexity index is 1020. The van der Waals surface area contributed by atoms with E-state index in [1.165, 1.54) is 23.1 Å². The Morgan fingerprint density at radius 1 is 1.26 bits per heavy atom. The Kier molecular flexibility index (Phi) is 7.52. The van der Waals surface area contributed by atoms with E-state index in [4.69, 9.17) is 26.2 Å². The highest BCUT2D eigenvalue weighted by molar-refractivity contribution is 6.30. The second-order valence-corrected chi connectivity index (χ2v) is 9.55. The van der Waals surface area contributed by atoms with Gasteiger partial charge in [0.25, 0.3) is 5.91 Å². The summed E-state index contributed by atoms with van der Waals surface area (Å²) in [4.78, 5) is 16.2. The van der Waals surface area contributed by atoms with Crippen molar-refractivity contribution in [3.63, 3.8) is 0 Å². The first-order valence-corrected chi connectivity index (χ1v) is 11.9. The summed E-state index contributed by atoms with van der Waals surface area (Å²) in [5, 5.41) is 30.2. The Morgan fingerprint density at radius 2 is 2.03 bits per heavy atom. The number of halogens is 1. The van der Waals surface area contributed by atoms with Crippen molar-refractivity contribution in [3.05, 3.63) is 52.5 Å². The molecule has 34 heavy (non-hydrogen) atoms. The summed E-state index contributed by atoms with van der Waals surface area (Å²) >= 11 is 6.12. The number of aliphatic hydroxyl groups is 2. The van der Waals surface area contributed by atoms with Gasteiger partial charge in [0.05, 0.1) is 12.2 Å². The molecule has 0 radical (unpaired) electrons. The number of benzene rings is 2. The van der Waals surface area contributed by atoms with Crippen molar-refractivity contribution >= 4 is 17.5 Å². The number of phenols is 1. The van der Waals surface area contributed by atoms with Gasteiger partial charge in [0.2, 0.25) is 0 Å². The van der Waals surface area contributed by atoms with Crippen LogP contribution in [0.5, 0.6) is 17.2 Å². The Hall–Kier alpha value is -2.52. The Morgan fingerprint density at radius 3 is 2.76 bits per heavy atom. The van der Waals surface area contributed by atoms with Crippen LogP contribution < -0.4 is 9.47 Å². The van der Waals surface area contributed by atoms with Crippen molar-refractivity contribution < 1.29 is 29.6 Å². The first-order valence-electron chi connectivity index (χ1n) is 11.5. The molecule has 1 spiro atoms. The van der Waals surface area contributed by atoms with Crippen LogP contribution in [0.15, 0.2) is 36.4 Å². The highest BCUT2D eigenvalue weighted by Crippen LogP contribution is 2.42. The van der Waals surface area contributed by atoms with E-state index in [0.29, 0.717) is 6.54 Å². The zero-order valence-electron chi connectivity index (χ0n) is 19.2. The number of rotatable bonds is 8. The molecule has 2 aliphatic heterocycles. The molecule has 0 bridgehead atoms. The van der Waals surface area contributed by atoms with Gasteiger partial charge < -0.3 is 34.6 Å². The number of β-amino-alcohol motifs (C(OH)–C–C–N with tert-alkyl or cyclic N) is 1. The van der Waals surface area contributed by atoms with Crippen molar-refractivity contribution in [3.8, 4) is 17.2 Å². The third kappa shape index (κ3) is 5.58. The first-order chi connectivity index (χ1) is 16.3. The molecule has 2 heterocycles. The lowest BCUT2D eigenvalue weighted by molar-refractivity contribution is -0.00202. The molecule has 2 aromatic carbocycles. The second-order valence-electron chi connectivity index (χ2n) is 9.11. The number of phenolic OH excluding ortho intramolecular Hbond substituents is 1. The minimum Gasteiger partial charge on any atom is -0.508 e. The quantitative estimate of drug-likeness (QED) is 0.522. The number of aliphatic hydroxyl groups excluding tert-OH is 2. The normalized spacial score (nSPS) is 17.8. The highest BCUT2D eigenvalue weighted by Gasteiger charge is 2.42. The molecule has 0 aromatic heterocycles. The van der Waals surface area contributed by atoms with Crippen LogP contribution in [-0.2, 0) is 6.42 Å². The van der Waals surface area contributed by atoms with Gasteiger partial charge in [0, 0.05) is 63.6 Å². The molecule has 0 saturated carbocycles. The number of amides is 1. The lowest BCUT2D eigenvalue weighted by Gasteiger charge is -2.39. The zero-order valence-corrected chi connectivity index (χ0v) is 20.0. The fourth-order valence-corrected chi connectivity index (χ4v) is 4.82. The minimum absolute atomic E-state index is 0.0183. The van der Waals surface area contributed by atoms with Gasteiger partial charge in [-0.05, 0) is 35.9 Å². The van der Waals surface area contributed by atoms with Crippen LogP contribution in [0.25, 0.3) is 0 Å². The molecule has 1 amide bonds. The molecule has 1 atom stereocenters. The summed E-state index contributed by atoms with van der Waals surface area (Å²) in [7, 11) is 1.58. The van der Waals surface area contributed by atoms with Gasteiger partial charge in [0.1, 0.15) is 35.6 Å². The topological polar surface area (TPSA) is 103 Å². The molecule has 9 heteroatoms. The average molecular weight is 491 g/mol. The lowest BCUT2D eigenvalue weighted by atomic mass is 9.87. The van der Waals surface area contributed by atoms with E-state index in [-0.39, 0.29) is 48.3 Å². The van der Waals surface area contributed by atoms with Crippen molar-refractivity contribution in [1.82, 2.24) is 9.80 Å². The predicted octanol–water partition coefficient (Wildman–Crippen LogP) is 2.32. The van der Waals surface area contributed by atoms with E-state index >= 15 is 0 Å². The van der Waals surface area contributed by atoms with E-state index in [9.17, 15) is 15.0 Å². The smallest absolute Gasteiger partial charge is 0.257 e. The molecule has 0 unspecified atom stereocenters. The predicted molar refractivity (Wildman–Crippen MR) is 128 cm³/mol. The average Bonchev–Trinajstić information content (AvgIpc) is 3.16. The van der Waals surface area contributed by atoms with E-state index < -0.39 is 6.10 Å². The van der Waals surface area contributed by atoms with Crippen molar-refractivity contribution in [2.45, 2.75) is 31.0 Å². The van der Waals surface area contributed by atoms with Crippen LogP contribution in [-0.4, -0.2) is 89.2 Å². The molecule has 2 aliphatic rings. The molecule has 4 rings (SSSR count). The van der Waals surface area contributed by atoms with Crippen molar-refractivity contribution in [1.29, 1.82) is 0 Å². The summed E-state index contributed by atoms with van der Waals surface area (Å²) < 4.78 is 12.0. The number of likely N-dealkylation sites (tertiary alicyclic amines) is 1. The first kappa shape index (κ1) is 24.6. The summed E-state index contributed by atoms with van der Waals surface area (Å²) in [6.07, 6.45) is 1.79. The molecule has 0 aliphatic carbocycles. The summed E-state index contributed by atoms with van der Waals surface area (Å²) in [6.45, 7) is 2.02. The number of fused-ring (bicyclic) bond motifs is 1. The Labute approximate surface area is 204 Å². The van der Waals surface area contributed by atoms with E-state index in [0.717, 1.165) is 48.7 Å². The van der Waals surface area contributed by atoms with Crippen LogP contribution in [0.1, 0.15) is 28.8 Å². The van der Waals surface area contributed by atoms with Crippen molar-refractivity contribution in [2.24, 2.45) is 0 Å². The van der Waals surface area contributed by atoms with Gasteiger partial charge in [-0.1, -0.05) is 11.6 Å². The van der Waals surface area contributed by atoms with E-state index in [2.05, 4.69) is 4.90 Å². The maximum Gasteiger partial charge on any atom is 0.257 e. The number of nitrogens with zero attached hydrogens (tertiary/aromatic N) is 2. The molecule has 1 saturated heterocycles. The monoisotopic (exact) mass is 490 g/mol. The van der Waals surface area contributed by atoms with Crippen LogP contribution in [0.2, 0.25) is 5.02 Å². The van der Waals surface area contributed by atoms with Crippen LogP contribution >= 0.6 is 11.6 Å². The second kappa shape index (κ2) is 10.4. The number of aromatic hydroxyl groups is 1. The van der Waals surface area contributed by atoms with Crippen LogP contribution in [0, 0.1) is 0 Å². The number of piperidine rings is 1. The van der Waals surface area contributed by atoms with Gasteiger partial charge in [-0.2, -0.15) is 0 Å². The highest BCUT2D eigenvalue weighted by atomic mass is 35.5. The maximum atomic E-state index is 12.6. The van der Waals surface area contributed by atoms with Crippen LogP contribution in [0.4, 0.5) is 0 Å². The van der Waals surface area contributed by atoms with Crippen molar-refractivity contribution in [2.75, 3.05) is 46.4 Å². The number of carbonyl (C=O) groups excluding carboxylic acids is 1. The molecule has 2 aromatic rings. The number of ether oxygens (including phenoxy) is 2. The summed E-state index contributed by atoms with van der Waals surface area (Å²) in [5.41, 5.74) is 1.21. The summed E-state index contributed by atoms with van der Waals surface area (Å²) in [5.74, 6) is 0.736. The summed E-state index contributed by atoms with van der Waals surface area (Å²) in [6, 6.07) is 10.00. The third-order valence-electron chi connectivity index (χ3n) is 6.51. The maximum absolute atomic E-state index is 12.6. The zero-order chi connectivity index (χ0) is 24.3. The van der Waals surface area contributed by atoms with E-state index in [1.807, 2.05) is 18.2 Å². The number of hydrogen-bond donors (Lipinski definition) is 3. The minimum atomic E-state index is -0.768. The largest absolute Gasteiger partial charge is 0.508 e. The molecule has 8 nitrogen and oxygen atoms in total. The van der Waals surface area contributed by atoms with Gasteiger partial charge in [-0.15, -0.1) is 0 Å². The van der Waals surface area contributed by atoms with Gasteiger partial charge in [-0.3, -0.25) is 4.79 Å². The lowest BCUT2D eigenvalue weighted by Crippen LogP contribution is -2.49. The fraction of sp³-hybridized carbons (Fsp3) is 0.480. The SMILES string of the molecule is CN(CCO)C(=O)c1ccc(O)cc1OC[C@@H](O)CN1CCC2(CC1)Cc1cc(Cl)ccc1O2.